The van der Waals surface area contributed by atoms with Gasteiger partial charge in [-0.25, -0.2) is 0 Å². The topological polar surface area (TPSA) is 12.5 Å². The molecule has 0 fully saturated rings. The van der Waals surface area contributed by atoms with Gasteiger partial charge in [0.15, 0.2) is 0 Å². The molecule has 2 heteroatoms. The van der Waals surface area contributed by atoms with E-state index in [0.717, 1.165) is 18.8 Å². The van der Waals surface area contributed by atoms with Crippen LogP contribution in [-0.2, 0) is 0 Å². The highest BCUT2D eigenvalue weighted by molar-refractivity contribution is 5.98. The summed E-state index contributed by atoms with van der Waals surface area (Å²) in [5.74, 6) is 0.867. The van der Waals surface area contributed by atoms with E-state index in [0.29, 0.717) is 0 Å². The van der Waals surface area contributed by atoms with Crippen LogP contribution in [0.2, 0.25) is 0 Å². The highest BCUT2D eigenvalue weighted by atomic mass is 16.5. The molecule has 166 valence electrons. The number of hydrogen-bond acceptors (Lipinski definition) is 2. The van der Waals surface area contributed by atoms with Crippen LogP contribution < -0.4 is 4.74 Å². The van der Waals surface area contributed by atoms with Gasteiger partial charge in [0.25, 0.3) is 0 Å². The summed E-state index contributed by atoms with van der Waals surface area (Å²) in [6, 6.07) is 38.6. The minimum absolute atomic E-state index is 0.867. The molecule has 0 aromatic heterocycles. The third-order valence-electron chi connectivity index (χ3n) is 6.02. The van der Waals surface area contributed by atoms with E-state index in [9.17, 15) is 0 Å². The van der Waals surface area contributed by atoms with E-state index in [-0.39, 0.29) is 0 Å². The number of rotatable bonds is 8. The van der Waals surface area contributed by atoms with Gasteiger partial charge in [-0.05, 0) is 65.9 Å². The van der Waals surface area contributed by atoms with Gasteiger partial charge in [0.1, 0.15) is 5.75 Å². The summed E-state index contributed by atoms with van der Waals surface area (Å²) in [6.07, 6.45) is 0. The van der Waals surface area contributed by atoms with Crippen molar-refractivity contribution in [3.05, 3.63) is 126 Å². The van der Waals surface area contributed by atoms with Gasteiger partial charge >= 0.3 is 0 Å². The Labute approximate surface area is 197 Å². The van der Waals surface area contributed by atoms with Crippen molar-refractivity contribution in [2.75, 3.05) is 20.2 Å². The molecule has 0 aliphatic carbocycles. The molecule has 0 unspecified atom stereocenters. The zero-order valence-electron chi connectivity index (χ0n) is 19.7. The van der Waals surface area contributed by atoms with Crippen LogP contribution in [0.5, 0.6) is 5.75 Å². The van der Waals surface area contributed by atoms with Gasteiger partial charge in [-0.2, -0.15) is 0 Å². The van der Waals surface area contributed by atoms with Crippen molar-refractivity contribution in [1.82, 2.24) is 4.90 Å². The Balaban J connectivity index is 1.93. The van der Waals surface area contributed by atoms with Crippen LogP contribution in [0, 0.1) is 0 Å². The first kappa shape index (κ1) is 22.4. The zero-order chi connectivity index (χ0) is 23.0. The monoisotopic (exact) mass is 433 g/mol. The van der Waals surface area contributed by atoms with E-state index in [2.05, 4.69) is 116 Å². The second-order valence-corrected chi connectivity index (χ2v) is 7.93. The molecular weight excluding hydrogens is 402 g/mol. The predicted octanol–water partition coefficient (Wildman–Crippen LogP) is 7.62. The molecule has 33 heavy (non-hydrogen) atoms. The first-order chi connectivity index (χ1) is 16.2. The fourth-order valence-corrected chi connectivity index (χ4v) is 4.28. The van der Waals surface area contributed by atoms with Crippen LogP contribution in [0.1, 0.15) is 30.5 Å². The predicted molar refractivity (Wildman–Crippen MR) is 140 cm³/mol. The average molecular weight is 434 g/mol. The highest BCUT2D eigenvalue weighted by Gasteiger charge is 2.18. The van der Waals surface area contributed by atoms with Crippen molar-refractivity contribution in [3.63, 3.8) is 0 Å². The molecule has 0 saturated heterocycles. The largest absolute Gasteiger partial charge is 0.497 e. The minimum Gasteiger partial charge on any atom is -0.497 e. The van der Waals surface area contributed by atoms with E-state index >= 15 is 0 Å². The summed E-state index contributed by atoms with van der Waals surface area (Å²) in [7, 11) is 1.71. The third kappa shape index (κ3) is 5.01. The Hall–Kier alpha value is -3.78. The Morgan fingerprint density at radius 1 is 0.576 bits per heavy atom. The van der Waals surface area contributed by atoms with Crippen LogP contribution in [0.25, 0.3) is 22.4 Å². The molecular formula is C31H31NO. The summed E-state index contributed by atoms with van der Waals surface area (Å²) in [6.45, 7) is 6.29. The van der Waals surface area contributed by atoms with Crippen LogP contribution in [0.15, 0.2) is 109 Å². The molecule has 0 N–H and O–H groups in total. The number of methoxy groups -OCH3 is 1. The van der Waals surface area contributed by atoms with Crippen LogP contribution in [0.4, 0.5) is 0 Å². The van der Waals surface area contributed by atoms with Crippen molar-refractivity contribution >= 4 is 11.3 Å². The highest BCUT2D eigenvalue weighted by Crippen LogP contribution is 2.36. The molecule has 0 spiro atoms. The van der Waals surface area contributed by atoms with Crippen LogP contribution >= 0.6 is 0 Å². The second kappa shape index (κ2) is 10.7. The average Bonchev–Trinajstić information content (AvgIpc) is 2.90. The quantitative estimate of drug-likeness (QED) is 0.265. The molecule has 4 aromatic rings. The smallest absolute Gasteiger partial charge is 0.118 e. The normalized spacial score (nSPS) is 11.6. The maximum atomic E-state index is 5.42. The van der Waals surface area contributed by atoms with Gasteiger partial charge in [0, 0.05) is 18.7 Å². The van der Waals surface area contributed by atoms with E-state index in [4.69, 9.17) is 4.74 Å². The molecule has 0 radical (unpaired) electrons. The first-order valence-electron chi connectivity index (χ1n) is 11.6. The standard InChI is InChI=1S/C31H31NO/c1-4-32(5-2)31(28-20-22-29(33-3)23-21-28)30(26-14-10-7-11-15-26)27-18-16-25(17-19-27)24-12-8-6-9-13-24/h6-23H,4-5H2,1-3H3/b31-30-. The third-order valence-corrected chi connectivity index (χ3v) is 6.02. The lowest BCUT2D eigenvalue weighted by Crippen LogP contribution is -2.23. The summed E-state index contributed by atoms with van der Waals surface area (Å²) in [4.78, 5) is 2.44. The molecule has 0 saturated carbocycles. The summed E-state index contributed by atoms with van der Waals surface area (Å²) in [5, 5.41) is 0. The molecule has 2 nitrogen and oxygen atoms in total. The molecule has 0 aliphatic rings. The molecule has 0 heterocycles. The van der Waals surface area contributed by atoms with Gasteiger partial charge in [0.2, 0.25) is 0 Å². The van der Waals surface area contributed by atoms with Crippen molar-refractivity contribution < 1.29 is 4.74 Å². The number of benzene rings is 4. The fourth-order valence-electron chi connectivity index (χ4n) is 4.28. The Bertz CT molecular complexity index is 1170. The lowest BCUT2D eigenvalue weighted by Gasteiger charge is -2.29. The van der Waals surface area contributed by atoms with Gasteiger partial charge < -0.3 is 9.64 Å². The molecule has 0 atom stereocenters. The van der Waals surface area contributed by atoms with Crippen LogP contribution in [-0.4, -0.2) is 25.1 Å². The van der Waals surface area contributed by atoms with Gasteiger partial charge in [0.05, 0.1) is 12.8 Å². The molecule has 0 aliphatic heterocycles. The summed E-state index contributed by atoms with van der Waals surface area (Å²) in [5.41, 5.74) is 8.53. The van der Waals surface area contributed by atoms with Gasteiger partial charge in [-0.1, -0.05) is 84.9 Å². The zero-order valence-corrected chi connectivity index (χ0v) is 19.7. The number of hydrogen-bond donors (Lipinski definition) is 0. The Morgan fingerprint density at radius 3 is 1.61 bits per heavy atom. The van der Waals surface area contributed by atoms with Gasteiger partial charge in [-0.15, -0.1) is 0 Å². The maximum Gasteiger partial charge on any atom is 0.118 e. The van der Waals surface area contributed by atoms with Crippen LogP contribution in [0.3, 0.4) is 0 Å². The van der Waals surface area contributed by atoms with Gasteiger partial charge in [-0.3, -0.25) is 0 Å². The SMILES string of the molecule is CCN(CC)/C(=C(/c1ccccc1)c1ccc(-c2ccccc2)cc1)c1ccc(OC)cc1. The minimum atomic E-state index is 0.867. The maximum absolute atomic E-state index is 5.42. The van der Waals surface area contributed by atoms with E-state index in [1.807, 2.05) is 12.1 Å². The summed E-state index contributed by atoms with van der Waals surface area (Å²) < 4.78 is 5.42. The van der Waals surface area contributed by atoms with E-state index < -0.39 is 0 Å². The Morgan fingerprint density at radius 2 is 1.06 bits per heavy atom. The Kier molecular flexibility index (Phi) is 7.26. The number of ether oxygens (including phenoxy) is 1. The summed E-state index contributed by atoms with van der Waals surface area (Å²) >= 11 is 0. The lowest BCUT2D eigenvalue weighted by molar-refractivity contribution is 0.414. The fraction of sp³-hybridized carbons (Fsp3) is 0.161. The van der Waals surface area contributed by atoms with Crippen molar-refractivity contribution in [2.24, 2.45) is 0 Å². The molecule has 4 rings (SSSR count). The number of nitrogens with zero attached hydrogens (tertiary/aromatic N) is 1. The van der Waals surface area contributed by atoms with E-state index in [1.165, 1.54) is 39.1 Å². The molecule has 0 amide bonds. The first-order valence-corrected chi connectivity index (χ1v) is 11.6. The second-order valence-electron chi connectivity index (χ2n) is 7.93. The molecule has 4 aromatic carbocycles. The van der Waals surface area contributed by atoms with E-state index in [1.54, 1.807) is 7.11 Å². The van der Waals surface area contributed by atoms with Crippen molar-refractivity contribution in [2.45, 2.75) is 13.8 Å². The van der Waals surface area contributed by atoms with Crippen molar-refractivity contribution in [1.29, 1.82) is 0 Å². The lowest BCUT2D eigenvalue weighted by atomic mass is 9.91. The molecule has 0 bridgehead atoms. The van der Waals surface area contributed by atoms with Crippen molar-refractivity contribution in [3.8, 4) is 16.9 Å².